The molecule has 1 amide bonds. The Morgan fingerprint density at radius 3 is 2.71 bits per heavy atom. The Morgan fingerprint density at radius 2 is 2.05 bits per heavy atom. The average Bonchev–Trinajstić information content (AvgIpc) is 2.53. The molecule has 6 heteroatoms. The van der Waals surface area contributed by atoms with Crippen LogP contribution in [0, 0.1) is 0 Å². The second-order valence-corrected chi connectivity index (χ2v) is 4.42. The van der Waals surface area contributed by atoms with E-state index in [1.807, 2.05) is 0 Å². The van der Waals surface area contributed by atoms with Gasteiger partial charge in [-0.2, -0.15) is 5.10 Å². The van der Waals surface area contributed by atoms with Gasteiger partial charge >= 0.3 is 0 Å². The van der Waals surface area contributed by atoms with E-state index in [0.29, 0.717) is 30.8 Å². The van der Waals surface area contributed by atoms with Gasteiger partial charge in [0.05, 0.1) is 7.11 Å². The van der Waals surface area contributed by atoms with E-state index in [2.05, 4.69) is 10.4 Å². The van der Waals surface area contributed by atoms with Gasteiger partial charge in [-0.1, -0.05) is 0 Å². The number of hydrogen-bond acceptors (Lipinski definition) is 4. The van der Waals surface area contributed by atoms with Crippen molar-refractivity contribution in [1.82, 2.24) is 15.1 Å². The predicted octanol–water partition coefficient (Wildman–Crippen LogP) is 1.07. The molecule has 0 spiro atoms. The van der Waals surface area contributed by atoms with Crippen LogP contribution in [0.25, 0.3) is 0 Å². The molecule has 0 radical (unpaired) electrons. The van der Waals surface area contributed by atoms with Crippen LogP contribution in [0.15, 0.2) is 47.4 Å². The van der Waals surface area contributed by atoms with E-state index in [9.17, 15) is 9.59 Å². The van der Waals surface area contributed by atoms with Crippen LogP contribution in [-0.4, -0.2) is 29.3 Å². The first kappa shape index (κ1) is 14.8. The van der Waals surface area contributed by atoms with E-state index in [0.717, 1.165) is 0 Å². The molecular formula is C15H17N3O3. The molecule has 1 heterocycles. The van der Waals surface area contributed by atoms with Crippen molar-refractivity contribution < 1.29 is 9.53 Å². The van der Waals surface area contributed by atoms with Gasteiger partial charge in [-0.25, -0.2) is 4.68 Å². The number of hydrogen-bond donors (Lipinski definition) is 1. The number of nitrogens with one attached hydrogen (secondary N) is 1. The third kappa shape index (κ3) is 4.17. The van der Waals surface area contributed by atoms with Gasteiger partial charge in [0.15, 0.2) is 0 Å². The zero-order chi connectivity index (χ0) is 15.1. The molecule has 0 aliphatic rings. The first-order valence-electron chi connectivity index (χ1n) is 6.65. The topological polar surface area (TPSA) is 73.2 Å². The number of aromatic nitrogens is 2. The molecule has 6 nitrogen and oxygen atoms in total. The summed E-state index contributed by atoms with van der Waals surface area (Å²) in [6.45, 7) is 0.955. The van der Waals surface area contributed by atoms with Crippen molar-refractivity contribution >= 4 is 5.91 Å². The van der Waals surface area contributed by atoms with Crippen molar-refractivity contribution in [2.24, 2.45) is 0 Å². The summed E-state index contributed by atoms with van der Waals surface area (Å²) < 4.78 is 6.41. The summed E-state index contributed by atoms with van der Waals surface area (Å²) in [5, 5.41) is 6.75. The standard InChI is InChI=1S/C15H17N3O3/c1-21-13-7-5-12(6-8-13)15(20)16-9-3-11-18-14(19)4-2-10-17-18/h2,4-8,10H,3,9,11H2,1H3,(H,16,20). The summed E-state index contributed by atoms with van der Waals surface area (Å²) in [6.07, 6.45) is 2.20. The van der Waals surface area contributed by atoms with Crippen molar-refractivity contribution in [2.75, 3.05) is 13.7 Å². The summed E-state index contributed by atoms with van der Waals surface area (Å²) in [5.41, 5.74) is 0.435. The van der Waals surface area contributed by atoms with Gasteiger partial charge in [-0.15, -0.1) is 0 Å². The summed E-state index contributed by atoms with van der Waals surface area (Å²) in [6, 6.07) is 9.95. The van der Waals surface area contributed by atoms with Crippen molar-refractivity contribution in [3.05, 3.63) is 58.5 Å². The average molecular weight is 287 g/mol. The van der Waals surface area contributed by atoms with Gasteiger partial charge in [-0.05, 0) is 36.8 Å². The number of rotatable bonds is 6. The minimum atomic E-state index is -0.147. The maximum absolute atomic E-state index is 11.9. The van der Waals surface area contributed by atoms with E-state index in [-0.39, 0.29) is 11.5 Å². The first-order chi connectivity index (χ1) is 10.2. The molecule has 110 valence electrons. The lowest BCUT2D eigenvalue weighted by Gasteiger charge is -2.07. The van der Waals surface area contributed by atoms with Crippen molar-refractivity contribution in [3.63, 3.8) is 0 Å². The largest absolute Gasteiger partial charge is 0.497 e. The lowest BCUT2D eigenvalue weighted by molar-refractivity contribution is 0.0952. The van der Waals surface area contributed by atoms with Crippen molar-refractivity contribution in [2.45, 2.75) is 13.0 Å². The number of nitrogens with zero attached hydrogens (tertiary/aromatic N) is 2. The SMILES string of the molecule is COc1ccc(C(=O)NCCCn2ncccc2=O)cc1. The molecule has 21 heavy (non-hydrogen) atoms. The second kappa shape index (κ2) is 7.23. The van der Waals surface area contributed by atoms with Crippen molar-refractivity contribution in [1.29, 1.82) is 0 Å². The molecule has 1 aromatic heterocycles. The van der Waals surface area contributed by atoms with Gasteiger partial charge < -0.3 is 10.1 Å². The van der Waals surface area contributed by atoms with Gasteiger partial charge in [0.25, 0.3) is 11.5 Å². The third-order valence-electron chi connectivity index (χ3n) is 2.97. The van der Waals surface area contributed by atoms with E-state index in [4.69, 9.17) is 4.74 Å². The molecular weight excluding hydrogens is 270 g/mol. The summed E-state index contributed by atoms with van der Waals surface area (Å²) in [4.78, 5) is 23.3. The minimum Gasteiger partial charge on any atom is -0.497 e. The number of carbonyl (C=O) groups excluding carboxylic acids is 1. The maximum Gasteiger partial charge on any atom is 0.266 e. The molecule has 0 unspecified atom stereocenters. The van der Waals surface area contributed by atoms with Crippen LogP contribution in [0.1, 0.15) is 16.8 Å². The fourth-order valence-electron chi connectivity index (χ4n) is 1.83. The number of benzene rings is 1. The molecule has 1 N–H and O–H groups in total. The Hall–Kier alpha value is -2.63. The highest BCUT2D eigenvalue weighted by atomic mass is 16.5. The van der Waals surface area contributed by atoms with Gasteiger partial charge in [0.1, 0.15) is 5.75 Å². The van der Waals surface area contributed by atoms with Gasteiger partial charge in [0.2, 0.25) is 0 Å². The first-order valence-corrected chi connectivity index (χ1v) is 6.65. The zero-order valence-corrected chi connectivity index (χ0v) is 11.8. The molecule has 1 aromatic carbocycles. The molecule has 0 aliphatic carbocycles. The fraction of sp³-hybridized carbons (Fsp3) is 0.267. The Labute approximate surface area is 122 Å². The summed E-state index contributed by atoms with van der Waals surface area (Å²) in [7, 11) is 1.58. The molecule has 2 rings (SSSR count). The number of methoxy groups -OCH3 is 1. The Morgan fingerprint density at radius 1 is 1.29 bits per heavy atom. The van der Waals surface area contributed by atoms with E-state index in [1.165, 1.54) is 10.7 Å². The summed E-state index contributed by atoms with van der Waals surface area (Å²) in [5.74, 6) is 0.562. The van der Waals surface area contributed by atoms with E-state index >= 15 is 0 Å². The minimum absolute atomic E-state index is 0.140. The highest BCUT2D eigenvalue weighted by Gasteiger charge is 2.04. The highest BCUT2D eigenvalue weighted by Crippen LogP contribution is 2.10. The molecule has 2 aromatic rings. The zero-order valence-electron chi connectivity index (χ0n) is 11.8. The van der Waals surface area contributed by atoms with Crippen LogP contribution in [0.3, 0.4) is 0 Å². The van der Waals surface area contributed by atoms with Crippen molar-refractivity contribution in [3.8, 4) is 5.75 Å². The smallest absolute Gasteiger partial charge is 0.266 e. The van der Waals surface area contributed by atoms with Gasteiger partial charge in [-0.3, -0.25) is 9.59 Å². The second-order valence-electron chi connectivity index (χ2n) is 4.42. The lowest BCUT2D eigenvalue weighted by atomic mass is 10.2. The Bertz CT molecular complexity index is 650. The van der Waals surface area contributed by atoms with Gasteiger partial charge in [0, 0.05) is 30.9 Å². The number of aryl methyl sites for hydroxylation is 1. The lowest BCUT2D eigenvalue weighted by Crippen LogP contribution is -2.27. The molecule has 0 saturated heterocycles. The molecule has 0 atom stereocenters. The van der Waals surface area contributed by atoms with E-state index < -0.39 is 0 Å². The van der Waals surface area contributed by atoms with E-state index in [1.54, 1.807) is 43.6 Å². The summed E-state index contributed by atoms with van der Waals surface area (Å²) >= 11 is 0. The monoisotopic (exact) mass is 287 g/mol. The Balaban J connectivity index is 1.79. The predicted molar refractivity (Wildman–Crippen MR) is 78.4 cm³/mol. The van der Waals surface area contributed by atoms with Crippen LogP contribution >= 0.6 is 0 Å². The number of carbonyl (C=O) groups is 1. The third-order valence-corrected chi connectivity index (χ3v) is 2.97. The molecule has 0 fully saturated rings. The van der Waals surface area contributed by atoms with Crippen LogP contribution in [0.4, 0.5) is 0 Å². The highest BCUT2D eigenvalue weighted by molar-refractivity contribution is 5.94. The van der Waals surface area contributed by atoms with Crippen LogP contribution in [-0.2, 0) is 6.54 Å². The maximum atomic E-state index is 11.9. The van der Waals surface area contributed by atoms with Crippen LogP contribution in [0.2, 0.25) is 0 Å². The molecule has 0 aliphatic heterocycles. The number of ether oxygens (including phenoxy) is 1. The Kier molecular flexibility index (Phi) is 5.09. The number of amides is 1. The normalized spacial score (nSPS) is 10.1. The quantitative estimate of drug-likeness (QED) is 0.807. The molecule has 0 saturated carbocycles. The fourth-order valence-corrected chi connectivity index (χ4v) is 1.83. The van der Waals surface area contributed by atoms with Crippen LogP contribution < -0.4 is 15.6 Å². The molecule has 0 bridgehead atoms. The van der Waals surface area contributed by atoms with Crippen LogP contribution in [0.5, 0.6) is 5.75 Å².